The van der Waals surface area contributed by atoms with E-state index in [1.807, 2.05) is 24.3 Å². The second-order valence-corrected chi connectivity index (χ2v) is 4.46. The van der Waals surface area contributed by atoms with Crippen molar-refractivity contribution >= 4 is 11.8 Å². The van der Waals surface area contributed by atoms with Gasteiger partial charge in [0.15, 0.2) is 0 Å². The van der Waals surface area contributed by atoms with E-state index in [-0.39, 0.29) is 0 Å². The van der Waals surface area contributed by atoms with Gasteiger partial charge in [0, 0.05) is 11.8 Å². The first kappa shape index (κ1) is 11.2. The van der Waals surface area contributed by atoms with Gasteiger partial charge in [0.1, 0.15) is 0 Å². The summed E-state index contributed by atoms with van der Waals surface area (Å²) in [7, 11) is 0. The molecule has 0 aliphatic rings. The summed E-state index contributed by atoms with van der Waals surface area (Å²) in [5, 5.41) is 17.5. The van der Waals surface area contributed by atoms with Crippen LogP contribution in [0.25, 0.3) is 0 Å². The Balaban J connectivity index is 2.11. The molecular weight excluding hydrogens is 224 g/mol. The van der Waals surface area contributed by atoms with E-state index in [1.54, 1.807) is 13.8 Å². The van der Waals surface area contributed by atoms with Gasteiger partial charge >= 0.3 is 0 Å². The van der Waals surface area contributed by atoms with Crippen molar-refractivity contribution in [2.24, 2.45) is 0 Å². The van der Waals surface area contributed by atoms with Crippen molar-refractivity contribution in [2.75, 3.05) is 0 Å². The van der Waals surface area contributed by atoms with Gasteiger partial charge in [0.05, 0.1) is 6.10 Å². The summed E-state index contributed by atoms with van der Waals surface area (Å²) < 4.78 is 5.26. The normalized spacial score (nSPS) is 12.7. The Kier molecular flexibility index (Phi) is 3.26. The Bertz CT molecular complexity index is 465. The molecular formula is C11H12N2O2S. The van der Waals surface area contributed by atoms with Crippen molar-refractivity contribution in [1.82, 2.24) is 10.2 Å². The van der Waals surface area contributed by atoms with E-state index in [0.717, 1.165) is 10.5 Å². The minimum Gasteiger partial charge on any atom is -0.416 e. The number of nitrogens with zero attached hydrogens (tertiary/aromatic N) is 2. The second kappa shape index (κ2) is 4.67. The lowest BCUT2D eigenvalue weighted by atomic mass is 10.1. The van der Waals surface area contributed by atoms with Gasteiger partial charge in [-0.25, -0.2) is 0 Å². The molecule has 16 heavy (non-hydrogen) atoms. The molecule has 1 aromatic heterocycles. The van der Waals surface area contributed by atoms with E-state index in [2.05, 4.69) is 10.2 Å². The third-order valence-electron chi connectivity index (χ3n) is 2.08. The Morgan fingerprint density at radius 3 is 2.44 bits per heavy atom. The summed E-state index contributed by atoms with van der Waals surface area (Å²) >= 11 is 1.41. The summed E-state index contributed by atoms with van der Waals surface area (Å²) in [5.74, 6) is 0.558. The summed E-state index contributed by atoms with van der Waals surface area (Å²) in [6, 6.07) is 7.62. The summed E-state index contributed by atoms with van der Waals surface area (Å²) in [6.45, 7) is 3.50. The van der Waals surface area contributed by atoms with Gasteiger partial charge in [-0.1, -0.05) is 12.1 Å². The zero-order valence-corrected chi connectivity index (χ0v) is 9.86. The average Bonchev–Trinajstić information content (AvgIpc) is 2.65. The molecule has 0 bridgehead atoms. The number of aliphatic hydroxyl groups excluding tert-OH is 1. The maximum atomic E-state index is 9.36. The van der Waals surface area contributed by atoms with Crippen LogP contribution in [0.5, 0.6) is 0 Å². The van der Waals surface area contributed by atoms with Crippen molar-refractivity contribution in [3.05, 3.63) is 35.7 Å². The molecule has 1 heterocycles. The van der Waals surface area contributed by atoms with Crippen LogP contribution >= 0.6 is 11.8 Å². The number of aromatic nitrogens is 2. The van der Waals surface area contributed by atoms with E-state index < -0.39 is 6.10 Å². The van der Waals surface area contributed by atoms with Gasteiger partial charge in [0.25, 0.3) is 5.22 Å². The molecule has 1 atom stereocenters. The lowest BCUT2D eigenvalue weighted by molar-refractivity contribution is 0.199. The van der Waals surface area contributed by atoms with Crippen LogP contribution in [0.1, 0.15) is 24.5 Å². The van der Waals surface area contributed by atoms with E-state index >= 15 is 0 Å². The standard InChI is InChI=1S/C11H12N2O2S/c1-7(14)9-3-5-10(6-4-9)16-11-13-12-8(2)15-11/h3-7,14H,1-2H3/t7-/m0/s1. The van der Waals surface area contributed by atoms with Crippen LogP contribution in [0.4, 0.5) is 0 Å². The first-order chi connectivity index (χ1) is 7.65. The maximum Gasteiger partial charge on any atom is 0.281 e. The molecule has 0 spiro atoms. The fraction of sp³-hybridized carbons (Fsp3) is 0.273. The van der Waals surface area contributed by atoms with Crippen LogP contribution in [0.15, 0.2) is 38.8 Å². The van der Waals surface area contributed by atoms with Crippen LogP contribution in [-0.2, 0) is 0 Å². The topological polar surface area (TPSA) is 59.2 Å². The fourth-order valence-corrected chi connectivity index (χ4v) is 1.95. The van der Waals surface area contributed by atoms with Gasteiger partial charge in [0.2, 0.25) is 5.89 Å². The van der Waals surface area contributed by atoms with Gasteiger partial charge in [-0.05, 0) is 36.4 Å². The third-order valence-corrected chi connectivity index (χ3v) is 2.92. The Morgan fingerprint density at radius 1 is 1.25 bits per heavy atom. The SMILES string of the molecule is Cc1nnc(Sc2ccc([C@H](C)O)cc2)o1. The molecule has 1 N–H and O–H groups in total. The highest BCUT2D eigenvalue weighted by Gasteiger charge is 2.05. The van der Waals surface area contributed by atoms with Gasteiger partial charge in [-0.2, -0.15) is 0 Å². The van der Waals surface area contributed by atoms with Gasteiger partial charge in [-0.15, -0.1) is 10.2 Å². The van der Waals surface area contributed by atoms with Gasteiger partial charge in [-0.3, -0.25) is 0 Å². The van der Waals surface area contributed by atoms with Crippen molar-refractivity contribution in [3.63, 3.8) is 0 Å². The van der Waals surface area contributed by atoms with Crippen LogP contribution in [0.3, 0.4) is 0 Å². The summed E-state index contributed by atoms with van der Waals surface area (Å²) in [6.07, 6.45) is -0.440. The van der Waals surface area contributed by atoms with Crippen LogP contribution in [0, 0.1) is 6.92 Å². The van der Waals surface area contributed by atoms with E-state index in [1.165, 1.54) is 11.8 Å². The van der Waals surface area contributed by atoms with Crippen LogP contribution < -0.4 is 0 Å². The van der Waals surface area contributed by atoms with Crippen LogP contribution in [-0.4, -0.2) is 15.3 Å². The smallest absolute Gasteiger partial charge is 0.281 e. The minimum atomic E-state index is -0.440. The molecule has 0 saturated heterocycles. The lowest BCUT2D eigenvalue weighted by Crippen LogP contribution is -1.89. The molecule has 5 heteroatoms. The van der Waals surface area contributed by atoms with Crippen molar-refractivity contribution in [2.45, 2.75) is 30.1 Å². The highest BCUT2D eigenvalue weighted by Crippen LogP contribution is 2.27. The minimum absolute atomic E-state index is 0.440. The number of hydrogen-bond acceptors (Lipinski definition) is 5. The Labute approximate surface area is 97.7 Å². The molecule has 0 aliphatic carbocycles. The Hall–Kier alpha value is -1.33. The quantitative estimate of drug-likeness (QED) is 0.887. The molecule has 0 amide bonds. The molecule has 2 aromatic rings. The summed E-state index contributed by atoms with van der Waals surface area (Å²) in [4.78, 5) is 1.01. The van der Waals surface area contributed by atoms with Gasteiger partial charge < -0.3 is 9.52 Å². The molecule has 4 nitrogen and oxygen atoms in total. The first-order valence-electron chi connectivity index (χ1n) is 4.91. The van der Waals surface area contributed by atoms with Crippen molar-refractivity contribution in [3.8, 4) is 0 Å². The molecule has 84 valence electrons. The highest BCUT2D eigenvalue weighted by molar-refractivity contribution is 7.99. The molecule has 0 unspecified atom stereocenters. The highest BCUT2D eigenvalue weighted by atomic mass is 32.2. The molecule has 1 aromatic carbocycles. The largest absolute Gasteiger partial charge is 0.416 e. The predicted octanol–water partition coefficient (Wildman–Crippen LogP) is 2.58. The monoisotopic (exact) mass is 236 g/mol. The average molecular weight is 236 g/mol. The lowest BCUT2D eigenvalue weighted by Gasteiger charge is -2.04. The maximum absolute atomic E-state index is 9.36. The molecule has 2 rings (SSSR count). The number of hydrogen-bond donors (Lipinski definition) is 1. The fourth-order valence-electron chi connectivity index (χ4n) is 1.23. The zero-order chi connectivity index (χ0) is 11.5. The number of benzene rings is 1. The molecule has 0 aliphatic heterocycles. The molecule has 0 saturated carbocycles. The molecule has 0 radical (unpaired) electrons. The first-order valence-corrected chi connectivity index (χ1v) is 5.73. The zero-order valence-electron chi connectivity index (χ0n) is 9.04. The number of aryl methyl sites for hydroxylation is 1. The Morgan fingerprint density at radius 2 is 1.94 bits per heavy atom. The van der Waals surface area contributed by atoms with Crippen molar-refractivity contribution < 1.29 is 9.52 Å². The summed E-state index contributed by atoms with van der Waals surface area (Å²) in [5.41, 5.74) is 0.894. The van der Waals surface area contributed by atoms with E-state index in [4.69, 9.17) is 4.42 Å². The number of rotatable bonds is 3. The second-order valence-electron chi connectivity index (χ2n) is 3.43. The van der Waals surface area contributed by atoms with Crippen molar-refractivity contribution in [1.29, 1.82) is 0 Å². The van der Waals surface area contributed by atoms with E-state index in [9.17, 15) is 5.11 Å². The van der Waals surface area contributed by atoms with Crippen LogP contribution in [0.2, 0.25) is 0 Å². The predicted molar refractivity (Wildman–Crippen MR) is 60.2 cm³/mol. The van der Waals surface area contributed by atoms with E-state index in [0.29, 0.717) is 11.1 Å². The number of aliphatic hydroxyl groups is 1. The molecule has 0 fully saturated rings. The third kappa shape index (κ3) is 2.62.